The highest BCUT2D eigenvalue weighted by Crippen LogP contribution is 2.23. The number of nitriles is 1. The fourth-order valence-corrected chi connectivity index (χ4v) is 1.98. The fraction of sp³-hybridized carbons (Fsp3) is 0.385. The standard InChI is InChI=1S/C13H14Cl2N2O3/c1-19-2-3-20-8-13(18)17-12(7-16)9-4-10(14)6-11(15)5-9/h4-6,12H,2-3,8H2,1H3,(H,17,18). The van der Waals surface area contributed by atoms with Gasteiger partial charge in [0.25, 0.3) is 0 Å². The lowest BCUT2D eigenvalue weighted by atomic mass is 10.1. The maximum atomic E-state index is 11.6. The Kier molecular flexibility index (Phi) is 7.34. The number of methoxy groups -OCH3 is 1. The van der Waals surface area contributed by atoms with E-state index in [0.29, 0.717) is 28.8 Å². The molecule has 0 fully saturated rings. The molecule has 5 nitrogen and oxygen atoms in total. The van der Waals surface area contributed by atoms with Crippen molar-refractivity contribution in [3.63, 3.8) is 0 Å². The van der Waals surface area contributed by atoms with Crippen LogP contribution in [0.25, 0.3) is 0 Å². The van der Waals surface area contributed by atoms with Crippen LogP contribution >= 0.6 is 23.2 Å². The number of ether oxygens (including phenoxy) is 2. The van der Waals surface area contributed by atoms with Crippen LogP contribution in [0.1, 0.15) is 11.6 Å². The van der Waals surface area contributed by atoms with Crippen LogP contribution in [0.5, 0.6) is 0 Å². The van der Waals surface area contributed by atoms with E-state index in [0.717, 1.165) is 0 Å². The summed E-state index contributed by atoms with van der Waals surface area (Å²) in [7, 11) is 1.54. The number of halogens is 2. The van der Waals surface area contributed by atoms with Gasteiger partial charge >= 0.3 is 0 Å². The maximum absolute atomic E-state index is 11.6. The lowest BCUT2D eigenvalue weighted by molar-refractivity contribution is -0.126. The number of carbonyl (C=O) groups is 1. The first kappa shape index (κ1) is 16.7. The molecule has 0 saturated heterocycles. The van der Waals surface area contributed by atoms with E-state index in [1.165, 1.54) is 7.11 Å². The molecular formula is C13H14Cl2N2O3. The zero-order chi connectivity index (χ0) is 15.0. The molecule has 108 valence electrons. The van der Waals surface area contributed by atoms with Gasteiger partial charge in [-0.2, -0.15) is 5.26 Å². The van der Waals surface area contributed by atoms with Gasteiger partial charge in [-0.25, -0.2) is 0 Å². The Morgan fingerprint density at radius 2 is 2.00 bits per heavy atom. The van der Waals surface area contributed by atoms with Gasteiger partial charge in [-0.3, -0.25) is 4.79 Å². The molecule has 1 amide bonds. The second-order valence-electron chi connectivity index (χ2n) is 3.88. The molecule has 1 aromatic carbocycles. The summed E-state index contributed by atoms with van der Waals surface area (Å²) in [5.74, 6) is -0.399. The summed E-state index contributed by atoms with van der Waals surface area (Å²) in [6.07, 6.45) is 0. The molecule has 1 unspecified atom stereocenters. The molecule has 0 spiro atoms. The van der Waals surface area contributed by atoms with Crippen LogP contribution in [0.4, 0.5) is 0 Å². The molecule has 0 aromatic heterocycles. The number of hydrogen-bond acceptors (Lipinski definition) is 4. The first-order valence-corrected chi connectivity index (χ1v) is 6.54. The van der Waals surface area contributed by atoms with E-state index in [2.05, 4.69) is 5.32 Å². The summed E-state index contributed by atoms with van der Waals surface area (Å²) in [4.78, 5) is 11.6. The van der Waals surface area contributed by atoms with Crippen molar-refractivity contribution in [2.75, 3.05) is 26.9 Å². The normalized spacial score (nSPS) is 11.7. The number of carbonyl (C=O) groups excluding carboxylic acids is 1. The molecular weight excluding hydrogens is 303 g/mol. The molecule has 0 heterocycles. The van der Waals surface area contributed by atoms with Gasteiger partial charge in [0.1, 0.15) is 12.6 Å². The van der Waals surface area contributed by atoms with E-state index >= 15 is 0 Å². The van der Waals surface area contributed by atoms with E-state index in [-0.39, 0.29) is 6.61 Å². The van der Waals surface area contributed by atoms with Crippen molar-refractivity contribution in [3.8, 4) is 6.07 Å². The minimum atomic E-state index is -0.829. The molecule has 1 atom stereocenters. The van der Waals surface area contributed by atoms with Gasteiger partial charge in [-0.1, -0.05) is 23.2 Å². The van der Waals surface area contributed by atoms with E-state index < -0.39 is 11.9 Å². The molecule has 1 aromatic rings. The quantitative estimate of drug-likeness (QED) is 0.784. The molecule has 0 aliphatic heterocycles. The number of nitrogens with zero attached hydrogens (tertiary/aromatic N) is 1. The number of benzene rings is 1. The van der Waals surface area contributed by atoms with Crippen molar-refractivity contribution < 1.29 is 14.3 Å². The van der Waals surface area contributed by atoms with Crippen LogP contribution in [0.15, 0.2) is 18.2 Å². The van der Waals surface area contributed by atoms with Gasteiger partial charge in [0, 0.05) is 17.2 Å². The molecule has 1 N–H and O–H groups in total. The van der Waals surface area contributed by atoms with Gasteiger partial charge in [0.05, 0.1) is 19.3 Å². The van der Waals surface area contributed by atoms with Crippen LogP contribution in [0, 0.1) is 11.3 Å². The second kappa shape index (κ2) is 8.77. The summed E-state index contributed by atoms with van der Waals surface area (Å²) in [5.41, 5.74) is 0.523. The second-order valence-corrected chi connectivity index (χ2v) is 4.75. The van der Waals surface area contributed by atoms with Crippen LogP contribution in [0.2, 0.25) is 10.0 Å². The predicted molar refractivity (Wildman–Crippen MR) is 75.7 cm³/mol. The summed E-state index contributed by atoms with van der Waals surface area (Å²) >= 11 is 11.7. The number of amides is 1. The smallest absolute Gasteiger partial charge is 0.247 e. The predicted octanol–water partition coefficient (Wildman–Crippen LogP) is 2.34. The monoisotopic (exact) mass is 316 g/mol. The van der Waals surface area contributed by atoms with Gasteiger partial charge in [-0.05, 0) is 23.8 Å². The lowest BCUT2D eigenvalue weighted by Crippen LogP contribution is -2.31. The molecule has 0 saturated carbocycles. The van der Waals surface area contributed by atoms with E-state index in [9.17, 15) is 4.79 Å². The van der Waals surface area contributed by atoms with Gasteiger partial charge < -0.3 is 14.8 Å². The van der Waals surface area contributed by atoms with Crippen LogP contribution in [-0.2, 0) is 14.3 Å². The summed E-state index contributed by atoms with van der Waals surface area (Å²) < 4.78 is 9.85. The Hall–Kier alpha value is -1.32. The van der Waals surface area contributed by atoms with Gasteiger partial charge in [-0.15, -0.1) is 0 Å². The minimum Gasteiger partial charge on any atom is -0.382 e. The fourth-order valence-electron chi connectivity index (χ4n) is 1.44. The topological polar surface area (TPSA) is 71.3 Å². The van der Waals surface area contributed by atoms with Crippen LogP contribution in [-0.4, -0.2) is 32.8 Å². The van der Waals surface area contributed by atoms with E-state index in [1.54, 1.807) is 18.2 Å². The third-order valence-corrected chi connectivity index (χ3v) is 2.75. The van der Waals surface area contributed by atoms with Crippen LogP contribution in [0.3, 0.4) is 0 Å². The highest BCUT2D eigenvalue weighted by atomic mass is 35.5. The van der Waals surface area contributed by atoms with Gasteiger partial charge in [0.2, 0.25) is 5.91 Å². The van der Waals surface area contributed by atoms with Gasteiger partial charge in [0.15, 0.2) is 0 Å². The van der Waals surface area contributed by atoms with Crippen molar-refractivity contribution in [1.82, 2.24) is 5.32 Å². The van der Waals surface area contributed by atoms with Crippen molar-refractivity contribution in [1.29, 1.82) is 5.26 Å². The van der Waals surface area contributed by atoms with E-state index in [4.69, 9.17) is 37.9 Å². The van der Waals surface area contributed by atoms with Crippen LogP contribution < -0.4 is 5.32 Å². The zero-order valence-corrected chi connectivity index (χ0v) is 12.4. The molecule has 0 aliphatic carbocycles. The molecule has 0 bridgehead atoms. The third-order valence-electron chi connectivity index (χ3n) is 2.32. The first-order chi connectivity index (χ1) is 9.56. The average Bonchev–Trinajstić information content (AvgIpc) is 2.40. The van der Waals surface area contributed by atoms with Crippen molar-refractivity contribution in [2.24, 2.45) is 0 Å². The lowest BCUT2D eigenvalue weighted by Gasteiger charge is -2.13. The van der Waals surface area contributed by atoms with Crippen molar-refractivity contribution in [2.45, 2.75) is 6.04 Å². The summed E-state index contributed by atoms with van der Waals surface area (Å²) in [5, 5.41) is 12.4. The number of hydrogen-bond donors (Lipinski definition) is 1. The highest BCUT2D eigenvalue weighted by Gasteiger charge is 2.15. The average molecular weight is 317 g/mol. The maximum Gasteiger partial charge on any atom is 0.247 e. The Labute approximate surface area is 127 Å². The highest BCUT2D eigenvalue weighted by molar-refractivity contribution is 6.34. The Morgan fingerprint density at radius 3 is 2.55 bits per heavy atom. The Morgan fingerprint density at radius 1 is 1.35 bits per heavy atom. The number of rotatable bonds is 7. The molecule has 20 heavy (non-hydrogen) atoms. The molecule has 1 rings (SSSR count). The first-order valence-electron chi connectivity index (χ1n) is 5.78. The van der Waals surface area contributed by atoms with Crippen molar-refractivity contribution >= 4 is 29.1 Å². The van der Waals surface area contributed by atoms with E-state index in [1.807, 2.05) is 6.07 Å². The minimum absolute atomic E-state index is 0.143. The SMILES string of the molecule is COCCOCC(=O)NC(C#N)c1cc(Cl)cc(Cl)c1. The summed E-state index contributed by atoms with van der Waals surface area (Å²) in [6.45, 7) is 0.568. The third kappa shape index (κ3) is 5.76. The Bertz CT molecular complexity index is 483. The number of nitrogens with one attached hydrogen (secondary N) is 1. The molecule has 7 heteroatoms. The molecule has 0 radical (unpaired) electrons. The van der Waals surface area contributed by atoms with Crippen molar-refractivity contribution in [3.05, 3.63) is 33.8 Å². The molecule has 0 aliphatic rings. The Balaban J connectivity index is 2.59. The zero-order valence-electron chi connectivity index (χ0n) is 10.9. The largest absolute Gasteiger partial charge is 0.382 e. The summed E-state index contributed by atoms with van der Waals surface area (Å²) in [6, 6.07) is 5.85.